The lowest BCUT2D eigenvalue weighted by molar-refractivity contribution is 0.0309. The normalized spacial score (nSPS) is 31.2. The van der Waals surface area contributed by atoms with Crippen LogP contribution in [0, 0.1) is 5.41 Å². The van der Waals surface area contributed by atoms with E-state index in [2.05, 4.69) is 33.0 Å². The van der Waals surface area contributed by atoms with Gasteiger partial charge in [-0.05, 0) is 30.9 Å². The summed E-state index contributed by atoms with van der Waals surface area (Å²) in [7, 11) is 0. The average Bonchev–Trinajstić information content (AvgIpc) is 2.67. The van der Waals surface area contributed by atoms with Gasteiger partial charge in [0.15, 0.2) is 0 Å². The third-order valence-corrected chi connectivity index (χ3v) is 3.49. The zero-order chi connectivity index (χ0) is 12.5. The van der Waals surface area contributed by atoms with E-state index in [0.717, 1.165) is 18.8 Å². The van der Waals surface area contributed by atoms with Gasteiger partial charge in [0.25, 0.3) is 0 Å². The topological polar surface area (TPSA) is 34.4 Å². The predicted molar refractivity (Wildman–Crippen MR) is 67.9 cm³/mol. The fourth-order valence-corrected chi connectivity index (χ4v) is 2.41. The van der Waals surface area contributed by atoms with Gasteiger partial charge in [-0.2, -0.15) is 0 Å². The molecule has 1 N–H and O–H groups in total. The Morgan fingerprint density at radius 1 is 1.35 bits per heavy atom. The Balaban J connectivity index is 2.10. The largest absolute Gasteiger partial charge is 0.467 e. The highest BCUT2D eigenvalue weighted by Gasteiger charge is 2.33. The van der Waals surface area contributed by atoms with E-state index < -0.39 is 0 Å². The summed E-state index contributed by atoms with van der Waals surface area (Å²) in [5.74, 6) is 0.916. The lowest BCUT2D eigenvalue weighted by Crippen LogP contribution is -2.45. The van der Waals surface area contributed by atoms with Crippen molar-refractivity contribution in [2.24, 2.45) is 5.41 Å². The van der Waals surface area contributed by atoms with Crippen LogP contribution in [0.2, 0.25) is 0 Å². The lowest BCUT2D eigenvalue weighted by Gasteiger charge is -2.32. The van der Waals surface area contributed by atoms with Crippen LogP contribution in [0.3, 0.4) is 0 Å². The third kappa shape index (κ3) is 2.90. The van der Waals surface area contributed by atoms with Crippen LogP contribution in [0.4, 0.5) is 0 Å². The van der Waals surface area contributed by atoms with E-state index in [4.69, 9.17) is 9.15 Å². The van der Waals surface area contributed by atoms with Gasteiger partial charge in [-0.3, -0.25) is 0 Å². The molecule has 0 saturated carbocycles. The number of ether oxygens (including phenoxy) is 1. The van der Waals surface area contributed by atoms with Crippen LogP contribution in [0.1, 0.15) is 46.0 Å². The van der Waals surface area contributed by atoms with E-state index in [1.54, 1.807) is 6.26 Å². The zero-order valence-corrected chi connectivity index (χ0v) is 11.2. The fraction of sp³-hybridized carbons (Fsp3) is 0.714. The van der Waals surface area contributed by atoms with Crippen LogP contribution in [-0.4, -0.2) is 18.7 Å². The molecule has 1 aromatic rings. The van der Waals surface area contributed by atoms with Crippen LogP contribution in [-0.2, 0) is 4.74 Å². The number of furan rings is 1. The van der Waals surface area contributed by atoms with Gasteiger partial charge in [0.05, 0.1) is 6.26 Å². The fourth-order valence-electron chi connectivity index (χ4n) is 2.41. The molecule has 0 bridgehead atoms. The van der Waals surface area contributed by atoms with Crippen molar-refractivity contribution in [1.82, 2.24) is 5.32 Å². The van der Waals surface area contributed by atoms with Crippen molar-refractivity contribution in [2.45, 2.75) is 52.3 Å². The van der Waals surface area contributed by atoms with E-state index in [0.29, 0.717) is 6.04 Å². The summed E-state index contributed by atoms with van der Waals surface area (Å²) in [4.78, 5) is 0. The highest BCUT2D eigenvalue weighted by Crippen LogP contribution is 2.30. The van der Waals surface area contributed by atoms with E-state index in [9.17, 15) is 0 Å². The number of hydrogen-bond acceptors (Lipinski definition) is 3. The molecule has 0 aromatic carbocycles. The van der Waals surface area contributed by atoms with E-state index in [1.807, 2.05) is 12.1 Å². The SMILES string of the molecule is CC1NC(C(C)(C)C)CCOC1c1ccco1. The summed E-state index contributed by atoms with van der Waals surface area (Å²) in [5, 5.41) is 3.67. The Kier molecular flexibility index (Phi) is 3.59. The van der Waals surface area contributed by atoms with Gasteiger partial charge >= 0.3 is 0 Å². The van der Waals surface area contributed by atoms with Gasteiger partial charge in [0.2, 0.25) is 0 Å². The van der Waals surface area contributed by atoms with E-state index in [-0.39, 0.29) is 17.6 Å². The van der Waals surface area contributed by atoms with Gasteiger partial charge in [0.1, 0.15) is 11.9 Å². The van der Waals surface area contributed by atoms with E-state index >= 15 is 0 Å². The van der Waals surface area contributed by atoms with Crippen LogP contribution < -0.4 is 5.32 Å². The summed E-state index contributed by atoms with van der Waals surface area (Å²) in [6.07, 6.45) is 2.78. The molecule has 2 rings (SSSR count). The predicted octanol–water partition coefficient (Wildman–Crippen LogP) is 3.13. The second-order valence-corrected chi connectivity index (χ2v) is 5.97. The number of nitrogens with one attached hydrogen (secondary N) is 1. The molecular weight excluding hydrogens is 214 g/mol. The smallest absolute Gasteiger partial charge is 0.134 e. The minimum Gasteiger partial charge on any atom is -0.467 e. The summed E-state index contributed by atoms with van der Waals surface area (Å²) in [6, 6.07) is 4.66. The zero-order valence-electron chi connectivity index (χ0n) is 11.2. The monoisotopic (exact) mass is 237 g/mol. The summed E-state index contributed by atoms with van der Waals surface area (Å²) >= 11 is 0. The molecule has 0 spiro atoms. The maximum atomic E-state index is 5.93. The number of hydrogen-bond donors (Lipinski definition) is 1. The summed E-state index contributed by atoms with van der Waals surface area (Å²) < 4.78 is 11.4. The molecule has 1 aromatic heterocycles. The van der Waals surface area contributed by atoms with Crippen molar-refractivity contribution in [1.29, 1.82) is 0 Å². The standard InChI is InChI=1S/C14H23NO2/c1-10-13(11-6-5-8-16-11)17-9-7-12(15-10)14(2,3)4/h5-6,8,10,12-13,15H,7,9H2,1-4H3. The first-order valence-corrected chi connectivity index (χ1v) is 6.39. The molecule has 3 atom stereocenters. The lowest BCUT2D eigenvalue weighted by atomic mass is 9.84. The first kappa shape index (κ1) is 12.7. The molecule has 1 fully saturated rings. The number of rotatable bonds is 1. The molecule has 1 aliphatic heterocycles. The minimum atomic E-state index is 0.0253. The maximum absolute atomic E-state index is 5.93. The van der Waals surface area contributed by atoms with Crippen molar-refractivity contribution >= 4 is 0 Å². The van der Waals surface area contributed by atoms with Crippen LogP contribution in [0.15, 0.2) is 22.8 Å². The maximum Gasteiger partial charge on any atom is 0.134 e. The van der Waals surface area contributed by atoms with Gasteiger partial charge in [-0.1, -0.05) is 20.8 Å². The Hall–Kier alpha value is -0.800. The van der Waals surface area contributed by atoms with Crippen molar-refractivity contribution < 1.29 is 9.15 Å². The molecule has 2 heterocycles. The molecule has 1 aliphatic rings. The highest BCUT2D eigenvalue weighted by atomic mass is 16.5. The summed E-state index contributed by atoms with van der Waals surface area (Å²) in [6.45, 7) is 9.75. The van der Waals surface area contributed by atoms with Crippen LogP contribution in [0.25, 0.3) is 0 Å². The molecule has 17 heavy (non-hydrogen) atoms. The molecular formula is C14H23NO2. The van der Waals surface area contributed by atoms with Gasteiger partial charge < -0.3 is 14.5 Å². The molecule has 96 valence electrons. The molecule has 0 amide bonds. The van der Waals surface area contributed by atoms with Gasteiger partial charge in [-0.25, -0.2) is 0 Å². The second-order valence-electron chi connectivity index (χ2n) is 5.97. The molecule has 0 aliphatic carbocycles. The highest BCUT2D eigenvalue weighted by molar-refractivity contribution is 5.06. The average molecular weight is 237 g/mol. The minimum absolute atomic E-state index is 0.0253. The van der Waals surface area contributed by atoms with Crippen molar-refractivity contribution in [3.8, 4) is 0 Å². The molecule has 3 heteroatoms. The van der Waals surface area contributed by atoms with Crippen molar-refractivity contribution in [3.63, 3.8) is 0 Å². The van der Waals surface area contributed by atoms with E-state index in [1.165, 1.54) is 0 Å². The first-order chi connectivity index (χ1) is 7.98. The Bertz CT molecular complexity index is 340. The third-order valence-electron chi connectivity index (χ3n) is 3.49. The molecule has 0 radical (unpaired) electrons. The van der Waals surface area contributed by atoms with Crippen LogP contribution in [0.5, 0.6) is 0 Å². The molecule has 3 nitrogen and oxygen atoms in total. The molecule has 3 unspecified atom stereocenters. The van der Waals surface area contributed by atoms with Crippen molar-refractivity contribution in [2.75, 3.05) is 6.61 Å². The quantitative estimate of drug-likeness (QED) is 0.815. The molecule has 1 saturated heterocycles. The summed E-state index contributed by atoms with van der Waals surface area (Å²) in [5.41, 5.74) is 0.260. The second kappa shape index (κ2) is 4.83. The Labute approximate surface area is 104 Å². The first-order valence-electron chi connectivity index (χ1n) is 6.39. The van der Waals surface area contributed by atoms with Gasteiger partial charge in [-0.15, -0.1) is 0 Å². The Morgan fingerprint density at radius 2 is 2.12 bits per heavy atom. The van der Waals surface area contributed by atoms with Crippen molar-refractivity contribution in [3.05, 3.63) is 24.2 Å². The Morgan fingerprint density at radius 3 is 2.71 bits per heavy atom. The van der Waals surface area contributed by atoms with Gasteiger partial charge in [0, 0.05) is 18.7 Å². The van der Waals surface area contributed by atoms with Crippen LogP contribution >= 0.6 is 0 Å².